The van der Waals surface area contributed by atoms with E-state index in [2.05, 4.69) is 26.2 Å². The maximum absolute atomic E-state index is 14.1. The Morgan fingerprint density at radius 1 is 1.37 bits per heavy atom. The van der Waals surface area contributed by atoms with Gasteiger partial charge in [0, 0.05) is 45.4 Å². The van der Waals surface area contributed by atoms with E-state index in [1.165, 1.54) is 7.05 Å². The fourth-order valence-electron chi connectivity index (χ4n) is 4.13. The third-order valence-corrected chi connectivity index (χ3v) is 6.25. The lowest BCUT2D eigenvalue weighted by molar-refractivity contribution is -0.00377. The van der Waals surface area contributed by atoms with Gasteiger partial charge < -0.3 is 30.2 Å². The monoisotopic (exact) mass is 534 g/mol. The molecule has 1 aromatic rings. The lowest BCUT2D eigenvalue weighted by Gasteiger charge is -2.39. The van der Waals surface area contributed by atoms with Crippen molar-refractivity contribution < 1.29 is 23.4 Å². The minimum atomic E-state index is -0.980. The molecule has 1 aromatic heterocycles. The van der Waals surface area contributed by atoms with Gasteiger partial charge in [0.25, 0.3) is 0 Å². The largest absolute Gasteiger partial charge is 0.474 e. The molecule has 1 aliphatic rings. The normalized spacial score (nSPS) is 20.7. The number of nitrogens with two attached hydrogens (primary N) is 1. The number of alkyl halides is 1. The zero-order valence-corrected chi connectivity index (χ0v) is 23.7. The van der Waals surface area contributed by atoms with Crippen LogP contribution in [-0.4, -0.2) is 84.0 Å². The number of halogens is 1. The fraction of sp³-hybridized carbons (Fsp3) is 0.704. The van der Waals surface area contributed by atoms with Crippen molar-refractivity contribution in [3.63, 3.8) is 0 Å². The first-order valence-corrected chi connectivity index (χ1v) is 13.0. The van der Waals surface area contributed by atoms with Crippen molar-refractivity contribution in [3.8, 4) is 24.1 Å². The molecule has 0 radical (unpaired) electrons. The summed E-state index contributed by atoms with van der Waals surface area (Å²) in [5.74, 6) is 3.40. The smallest absolute Gasteiger partial charge is 0.410 e. The molecule has 0 spiro atoms. The van der Waals surface area contributed by atoms with Crippen molar-refractivity contribution in [3.05, 3.63) is 11.9 Å². The number of hydrogen-bond donors (Lipinski definition) is 2. The third kappa shape index (κ3) is 9.63. The molecule has 2 heterocycles. The molecule has 0 aliphatic carbocycles. The van der Waals surface area contributed by atoms with Crippen LogP contribution in [0.5, 0.6) is 11.8 Å². The van der Waals surface area contributed by atoms with Crippen molar-refractivity contribution in [1.82, 2.24) is 20.2 Å². The molecule has 1 saturated heterocycles. The predicted octanol–water partition coefficient (Wildman–Crippen LogP) is 3.33. The number of aliphatic imine (C=N–C) groups is 1. The second kappa shape index (κ2) is 14.1. The van der Waals surface area contributed by atoms with Crippen LogP contribution in [0.3, 0.4) is 0 Å². The minimum Gasteiger partial charge on any atom is -0.474 e. The molecule has 5 atom stereocenters. The van der Waals surface area contributed by atoms with E-state index >= 15 is 0 Å². The summed E-state index contributed by atoms with van der Waals surface area (Å²) in [5, 5.41) is 2.84. The van der Waals surface area contributed by atoms with Crippen LogP contribution in [0.2, 0.25) is 0 Å². The maximum Gasteiger partial charge on any atom is 0.410 e. The number of nitrogens with zero attached hydrogens (tertiary/aromatic N) is 4. The Bertz CT molecular complexity index is 993. The van der Waals surface area contributed by atoms with Crippen molar-refractivity contribution in [2.45, 2.75) is 90.3 Å². The Morgan fingerprint density at radius 2 is 2.05 bits per heavy atom. The van der Waals surface area contributed by atoms with Crippen LogP contribution in [0.1, 0.15) is 66.1 Å². The number of ether oxygens (including phenoxy) is 3. The molecular weight excluding hydrogens is 491 g/mol. The van der Waals surface area contributed by atoms with E-state index in [-0.39, 0.29) is 54.1 Å². The van der Waals surface area contributed by atoms with Crippen LogP contribution in [0.4, 0.5) is 9.18 Å². The van der Waals surface area contributed by atoms with Gasteiger partial charge in [-0.15, -0.1) is 12.3 Å². The Labute approximate surface area is 225 Å². The second-order valence-corrected chi connectivity index (χ2v) is 10.7. The summed E-state index contributed by atoms with van der Waals surface area (Å²) in [7, 11) is 3.26. The number of carbonyl (C=O) groups is 1. The van der Waals surface area contributed by atoms with Gasteiger partial charge in [0.05, 0.1) is 6.07 Å². The first-order chi connectivity index (χ1) is 17.9. The summed E-state index contributed by atoms with van der Waals surface area (Å²) in [6.07, 6.45) is 5.42. The van der Waals surface area contributed by atoms with E-state index < -0.39 is 17.9 Å². The summed E-state index contributed by atoms with van der Waals surface area (Å²) in [5.41, 5.74) is 5.39. The van der Waals surface area contributed by atoms with Crippen LogP contribution in [-0.2, 0) is 4.74 Å². The zero-order chi connectivity index (χ0) is 28.5. The summed E-state index contributed by atoms with van der Waals surface area (Å²) in [4.78, 5) is 27.2. The minimum absolute atomic E-state index is 0.0694. The Hall–Kier alpha value is -3.13. The van der Waals surface area contributed by atoms with Gasteiger partial charge in [-0.1, -0.05) is 6.92 Å². The number of aromatic nitrogens is 2. The average molecular weight is 535 g/mol. The van der Waals surface area contributed by atoms with E-state index in [4.69, 9.17) is 26.4 Å². The van der Waals surface area contributed by atoms with Crippen LogP contribution < -0.4 is 20.5 Å². The van der Waals surface area contributed by atoms with E-state index in [0.717, 1.165) is 0 Å². The lowest BCUT2D eigenvalue weighted by Crippen LogP contribution is -2.50. The number of rotatable bonds is 11. The van der Waals surface area contributed by atoms with E-state index in [9.17, 15) is 9.18 Å². The van der Waals surface area contributed by atoms with Crippen molar-refractivity contribution in [2.24, 2.45) is 16.6 Å². The highest BCUT2D eigenvalue weighted by molar-refractivity contribution is 5.94. The molecule has 0 unspecified atom stereocenters. The molecule has 11 heteroatoms. The molecule has 1 fully saturated rings. The van der Waals surface area contributed by atoms with Gasteiger partial charge in [-0.2, -0.15) is 9.97 Å². The lowest BCUT2D eigenvalue weighted by atomic mass is 9.97. The van der Waals surface area contributed by atoms with Crippen LogP contribution >= 0.6 is 0 Å². The van der Waals surface area contributed by atoms with Crippen LogP contribution in [0, 0.1) is 18.3 Å². The quantitative estimate of drug-likeness (QED) is 0.252. The summed E-state index contributed by atoms with van der Waals surface area (Å²) in [6.45, 7) is 9.99. The molecule has 3 N–H and O–H groups in total. The van der Waals surface area contributed by atoms with Gasteiger partial charge >= 0.3 is 6.09 Å². The standard InChI is InChI=1S/C27H43FN6O4/c1-9-10-20-14-21(11-12-34(20)26(35)38-27(4,5)6)37-23-15-22(32-25(33-23)24(29)31-8)36-18(3)17(2)13-19(28)16-30-7/h1,15,17-21,30H,10-14,16H2,2-8H3,(H2,29,31)/t17-,18-,19+,20+,21-/m0/s1. The van der Waals surface area contributed by atoms with Crippen LogP contribution in [0.15, 0.2) is 11.1 Å². The van der Waals surface area contributed by atoms with Gasteiger partial charge in [0.1, 0.15) is 24.0 Å². The number of piperidine rings is 1. The molecule has 38 heavy (non-hydrogen) atoms. The highest BCUT2D eigenvalue weighted by atomic mass is 19.1. The molecule has 212 valence electrons. The summed E-state index contributed by atoms with van der Waals surface area (Å²) in [6, 6.07) is 1.35. The van der Waals surface area contributed by atoms with Gasteiger partial charge in [-0.25, -0.2) is 9.18 Å². The molecule has 0 saturated carbocycles. The predicted molar refractivity (Wildman–Crippen MR) is 145 cm³/mol. The maximum atomic E-state index is 14.1. The molecule has 1 aliphatic heterocycles. The molecule has 2 rings (SSSR count). The topological polar surface area (TPSA) is 124 Å². The summed E-state index contributed by atoms with van der Waals surface area (Å²) < 4.78 is 31.9. The highest BCUT2D eigenvalue weighted by Gasteiger charge is 2.35. The number of amides is 1. The highest BCUT2D eigenvalue weighted by Crippen LogP contribution is 2.27. The second-order valence-electron chi connectivity index (χ2n) is 10.7. The molecule has 0 bridgehead atoms. The van der Waals surface area contributed by atoms with Crippen molar-refractivity contribution >= 4 is 11.9 Å². The van der Waals surface area contributed by atoms with Gasteiger partial charge in [-0.3, -0.25) is 4.99 Å². The number of amidine groups is 1. The van der Waals surface area contributed by atoms with Crippen molar-refractivity contribution in [1.29, 1.82) is 0 Å². The molecule has 0 aromatic carbocycles. The Kier molecular flexibility index (Phi) is 11.6. The Morgan fingerprint density at radius 3 is 2.66 bits per heavy atom. The van der Waals surface area contributed by atoms with Crippen molar-refractivity contribution in [2.75, 3.05) is 27.2 Å². The number of nitrogens with one attached hydrogen (secondary N) is 1. The van der Waals surface area contributed by atoms with E-state index in [1.807, 2.05) is 34.6 Å². The van der Waals surface area contributed by atoms with Crippen LogP contribution in [0.25, 0.3) is 0 Å². The van der Waals surface area contributed by atoms with Gasteiger partial charge in [-0.05, 0) is 47.1 Å². The van der Waals surface area contributed by atoms with E-state index in [0.29, 0.717) is 32.2 Å². The van der Waals surface area contributed by atoms with Gasteiger partial charge in [0.15, 0.2) is 5.84 Å². The Balaban J connectivity index is 2.18. The zero-order valence-electron chi connectivity index (χ0n) is 23.7. The number of carbonyl (C=O) groups excluding carboxylic acids is 1. The summed E-state index contributed by atoms with van der Waals surface area (Å²) >= 11 is 0. The van der Waals surface area contributed by atoms with E-state index in [1.54, 1.807) is 18.0 Å². The average Bonchev–Trinajstić information content (AvgIpc) is 2.82. The number of terminal acetylenes is 1. The SMILES string of the molecule is C#CC[C@@H]1C[C@@H](Oc2cc(O[C@@H](C)[C@@H](C)C[C@@H](F)CNC)nc(C(N)=NC)n2)CCN1C(=O)OC(C)(C)C. The fourth-order valence-corrected chi connectivity index (χ4v) is 4.13. The molecular formula is C27H43FN6O4. The first-order valence-electron chi connectivity index (χ1n) is 13.0. The first kappa shape index (κ1) is 31.1. The molecule has 10 nitrogen and oxygen atoms in total. The molecule has 1 amide bonds. The number of likely N-dealkylation sites (tertiary alicyclic amines) is 1. The van der Waals surface area contributed by atoms with Gasteiger partial charge in [0.2, 0.25) is 17.6 Å². The third-order valence-electron chi connectivity index (χ3n) is 6.25. The number of hydrogen-bond acceptors (Lipinski definition) is 8.